The lowest BCUT2D eigenvalue weighted by molar-refractivity contribution is -0.135. The number of hydrogen-bond acceptors (Lipinski definition) is 4. The van der Waals surface area contributed by atoms with E-state index in [4.69, 9.17) is 5.73 Å². The van der Waals surface area contributed by atoms with Crippen LogP contribution in [0.3, 0.4) is 0 Å². The van der Waals surface area contributed by atoms with Crippen LogP contribution in [0.5, 0.6) is 0 Å². The van der Waals surface area contributed by atoms with Crippen molar-refractivity contribution in [3.05, 3.63) is 74.7 Å². The van der Waals surface area contributed by atoms with E-state index >= 15 is 0 Å². The molecule has 1 fully saturated rings. The van der Waals surface area contributed by atoms with Crippen molar-refractivity contribution in [3.8, 4) is 0 Å². The molecule has 0 unspecified atom stereocenters. The summed E-state index contributed by atoms with van der Waals surface area (Å²) in [5.74, 6) is 0.458. The van der Waals surface area contributed by atoms with Gasteiger partial charge in [0.15, 0.2) is 0 Å². The minimum atomic E-state index is -4.25. The molecule has 0 radical (unpaired) electrons. The Bertz CT molecular complexity index is 1500. The predicted octanol–water partition coefficient (Wildman–Crippen LogP) is 3.70. The summed E-state index contributed by atoms with van der Waals surface area (Å²) in [7, 11) is 0. The van der Waals surface area contributed by atoms with Gasteiger partial charge in [0.05, 0.1) is 28.5 Å². The SMILES string of the molecule is NCc1ccc2c(c1)nc(Cn1c(=O)n(C3CC3)c(=O)c3ccccc31)n2CCCC(F)(F)F. The molecule has 0 bridgehead atoms. The number of nitrogens with two attached hydrogens (primary N) is 1. The predicted molar refractivity (Wildman–Crippen MR) is 123 cm³/mol. The van der Waals surface area contributed by atoms with Gasteiger partial charge in [-0.05, 0) is 49.1 Å². The molecule has 0 aliphatic heterocycles. The highest BCUT2D eigenvalue weighted by Crippen LogP contribution is 2.32. The summed E-state index contributed by atoms with van der Waals surface area (Å²) in [6.07, 6.45) is -3.74. The van der Waals surface area contributed by atoms with Crippen molar-refractivity contribution in [2.75, 3.05) is 0 Å². The van der Waals surface area contributed by atoms with Crippen molar-refractivity contribution in [1.29, 1.82) is 0 Å². The smallest absolute Gasteiger partial charge is 0.326 e. The van der Waals surface area contributed by atoms with Crippen molar-refractivity contribution >= 4 is 21.9 Å². The van der Waals surface area contributed by atoms with Crippen molar-refractivity contribution in [1.82, 2.24) is 18.7 Å². The summed E-state index contributed by atoms with van der Waals surface area (Å²) in [4.78, 5) is 31.0. The zero-order valence-corrected chi connectivity index (χ0v) is 18.4. The Kier molecular flexibility index (Phi) is 5.55. The molecule has 2 aromatic heterocycles. The number of para-hydroxylation sites is 1. The van der Waals surface area contributed by atoms with Gasteiger partial charge in [0.2, 0.25) is 0 Å². The van der Waals surface area contributed by atoms with Crippen LogP contribution in [0.1, 0.15) is 43.1 Å². The van der Waals surface area contributed by atoms with E-state index in [1.54, 1.807) is 34.9 Å². The quantitative estimate of drug-likeness (QED) is 0.445. The van der Waals surface area contributed by atoms with Crippen LogP contribution in [0.2, 0.25) is 0 Å². The average molecular weight is 471 g/mol. The largest absolute Gasteiger partial charge is 0.389 e. The minimum Gasteiger partial charge on any atom is -0.326 e. The number of nitrogens with zero attached hydrogens (tertiary/aromatic N) is 4. The molecule has 7 nitrogen and oxygen atoms in total. The topological polar surface area (TPSA) is 87.8 Å². The maximum Gasteiger partial charge on any atom is 0.389 e. The summed E-state index contributed by atoms with van der Waals surface area (Å²) in [5.41, 5.74) is 7.63. The normalized spacial score (nSPS) is 14.4. The summed E-state index contributed by atoms with van der Waals surface area (Å²) in [5, 5.41) is 0.430. The Labute approximate surface area is 192 Å². The molecule has 34 heavy (non-hydrogen) atoms. The van der Waals surface area contributed by atoms with E-state index in [1.807, 2.05) is 12.1 Å². The van der Waals surface area contributed by atoms with Gasteiger partial charge >= 0.3 is 11.9 Å². The fourth-order valence-corrected chi connectivity index (χ4v) is 4.45. The average Bonchev–Trinajstić information content (AvgIpc) is 3.58. The van der Waals surface area contributed by atoms with Gasteiger partial charge in [-0.1, -0.05) is 18.2 Å². The third kappa shape index (κ3) is 4.13. The fourth-order valence-electron chi connectivity index (χ4n) is 4.45. The van der Waals surface area contributed by atoms with E-state index in [2.05, 4.69) is 4.98 Å². The molecule has 178 valence electrons. The summed E-state index contributed by atoms with van der Waals surface area (Å²) in [6, 6.07) is 12.2. The second-order valence-electron chi connectivity index (χ2n) is 8.72. The molecule has 2 aromatic carbocycles. The maximum absolute atomic E-state index is 13.4. The van der Waals surface area contributed by atoms with E-state index < -0.39 is 18.3 Å². The molecule has 1 aliphatic carbocycles. The highest BCUT2D eigenvalue weighted by molar-refractivity contribution is 5.79. The first-order valence-electron chi connectivity index (χ1n) is 11.3. The number of aromatic nitrogens is 4. The van der Waals surface area contributed by atoms with Crippen LogP contribution in [0.4, 0.5) is 13.2 Å². The zero-order chi connectivity index (χ0) is 24.0. The van der Waals surface area contributed by atoms with E-state index in [9.17, 15) is 22.8 Å². The van der Waals surface area contributed by atoms with Crippen LogP contribution in [0.25, 0.3) is 21.9 Å². The molecular weight excluding hydrogens is 447 g/mol. The molecule has 0 spiro atoms. The van der Waals surface area contributed by atoms with Gasteiger partial charge in [-0.25, -0.2) is 9.78 Å². The first-order chi connectivity index (χ1) is 16.3. The number of imidazole rings is 1. The number of alkyl halides is 3. The lowest BCUT2D eigenvalue weighted by Crippen LogP contribution is -2.40. The van der Waals surface area contributed by atoms with Crippen LogP contribution in [0, 0.1) is 0 Å². The first-order valence-corrected chi connectivity index (χ1v) is 11.3. The van der Waals surface area contributed by atoms with Crippen molar-refractivity contribution in [3.63, 3.8) is 0 Å². The Morgan fingerprint density at radius 2 is 1.79 bits per heavy atom. The van der Waals surface area contributed by atoms with Crippen LogP contribution in [-0.2, 0) is 19.6 Å². The minimum absolute atomic E-state index is 0.0327. The van der Waals surface area contributed by atoms with Crippen LogP contribution in [-0.4, -0.2) is 24.9 Å². The lowest BCUT2D eigenvalue weighted by atomic mass is 10.2. The fraction of sp³-hybridized carbons (Fsp3) is 0.375. The monoisotopic (exact) mass is 471 g/mol. The zero-order valence-electron chi connectivity index (χ0n) is 18.4. The molecule has 2 N–H and O–H groups in total. The molecule has 0 amide bonds. The second kappa shape index (κ2) is 8.43. The van der Waals surface area contributed by atoms with Gasteiger partial charge in [0.1, 0.15) is 5.82 Å². The highest BCUT2D eigenvalue weighted by atomic mass is 19.4. The number of hydrogen-bond donors (Lipinski definition) is 1. The third-order valence-corrected chi connectivity index (χ3v) is 6.26. The molecule has 1 aliphatic rings. The van der Waals surface area contributed by atoms with E-state index in [0.717, 1.165) is 18.4 Å². The number of rotatable bonds is 7. The molecule has 1 saturated carbocycles. The van der Waals surface area contributed by atoms with Crippen LogP contribution < -0.4 is 17.0 Å². The number of fused-ring (bicyclic) bond motifs is 2. The molecule has 10 heteroatoms. The van der Waals surface area contributed by atoms with Gasteiger partial charge < -0.3 is 10.3 Å². The maximum atomic E-state index is 13.4. The Morgan fingerprint density at radius 3 is 2.50 bits per heavy atom. The first kappa shape index (κ1) is 22.4. The van der Waals surface area contributed by atoms with Gasteiger partial charge in [-0.15, -0.1) is 0 Å². The summed E-state index contributed by atoms with van der Waals surface area (Å²) >= 11 is 0. The van der Waals surface area contributed by atoms with Gasteiger partial charge in [-0.3, -0.25) is 13.9 Å². The molecule has 0 atom stereocenters. The molecule has 0 saturated heterocycles. The van der Waals surface area contributed by atoms with Crippen LogP contribution in [0.15, 0.2) is 52.1 Å². The molecule has 5 rings (SSSR count). The van der Waals surface area contributed by atoms with Crippen molar-refractivity contribution < 1.29 is 13.2 Å². The van der Waals surface area contributed by atoms with Gasteiger partial charge in [0, 0.05) is 25.6 Å². The van der Waals surface area contributed by atoms with E-state index in [1.165, 1.54) is 9.13 Å². The van der Waals surface area contributed by atoms with E-state index in [0.29, 0.717) is 34.3 Å². The molecule has 2 heterocycles. The molecule has 4 aromatic rings. The van der Waals surface area contributed by atoms with Crippen LogP contribution >= 0.6 is 0 Å². The Hall–Kier alpha value is -3.40. The standard InChI is InChI=1S/C24H24F3N5O2/c25-24(26,27)10-3-11-30-20-9-6-15(13-28)12-18(20)29-21(30)14-31-19-5-2-1-4-17(19)22(33)32(23(31)34)16-7-8-16/h1-2,4-6,9,12,16H,3,7-8,10-11,13-14,28H2. The number of benzene rings is 2. The second-order valence-corrected chi connectivity index (χ2v) is 8.72. The van der Waals surface area contributed by atoms with Crippen molar-refractivity contribution in [2.24, 2.45) is 5.73 Å². The molecular formula is C24H24F3N5O2. The Morgan fingerprint density at radius 1 is 1.03 bits per heavy atom. The van der Waals surface area contributed by atoms with Crippen molar-refractivity contribution in [2.45, 2.75) is 57.5 Å². The highest BCUT2D eigenvalue weighted by Gasteiger charge is 2.29. The Balaban J connectivity index is 1.64. The summed E-state index contributed by atoms with van der Waals surface area (Å²) < 4.78 is 43.0. The number of aryl methyl sites for hydroxylation is 1. The van der Waals surface area contributed by atoms with E-state index in [-0.39, 0.29) is 31.1 Å². The number of halogens is 3. The van der Waals surface area contributed by atoms with Gasteiger partial charge in [-0.2, -0.15) is 13.2 Å². The van der Waals surface area contributed by atoms with Gasteiger partial charge in [0.25, 0.3) is 5.56 Å². The third-order valence-electron chi connectivity index (χ3n) is 6.26. The summed E-state index contributed by atoms with van der Waals surface area (Å²) in [6.45, 7) is 0.440. The lowest BCUT2D eigenvalue weighted by Gasteiger charge is -2.15.